The van der Waals surface area contributed by atoms with Gasteiger partial charge in [0.05, 0.1) is 12.6 Å². The maximum atomic E-state index is 11.8. The predicted molar refractivity (Wildman–Crippen MR) is 89.8 cm³/mol. The molecule has 0 heterocycles. The van der Waals surface area contributed by atoms with E-state index in [-0.39, 0.29) is 11.8 Å². The van der Waals surface area contributed by atoms with Crippen molar-refractivity contribution in [3.63, 3.8) is 0 Å². The van der Waals surface area contributed by atoms with Crippen LogP contribution in [0.25, 0.3) is 0 Å². The van der Waals surface area contributed by atoms with Crippen LogP contribution in [0.3, 0.4) is 0 Å². The fourth-order valence-electron chi connectivity index (χ4n) is 1.88. The van der Waals surface area contributed by atoms with E-state index in [4.69, 9.17) is 10.5 Å². The Labute approximate surface area is 133 Å². The summed E-state index contributed by atoms with van der Waals surface area (Å²) in [5.41, 5.74) is 6.83. The van der Waals surface area contributed by atoms with E-state index >= 15 is 0 Å². The van der Waals surface area contributed by atoms with Crippen LogP contribution >= 0.6 is 0 Å². The summed E-state index contributed by atoms with van der Waals surface area (Å²) in [6.07, 6.45) is 0.998. The van der Waals surface area contributed by atoms with Gasteiger partial charge < -0.3 is 20.7 Å². The number of benzene rings is 1. The molecule has 0 spiro atoms. The Morgan fingerprint density at radius 2 is 1.91 bits per heavy atom. The van der Waals surface area contributed by atoms with E-state index in [0.29, 0.717) is 13.2 Å². The van der Waals surface area contributed by atoms with Gasteiger partial charge in [0.15, 0.2) is 0 Å². The molecule has 22 heavy (non-hydrogen) atoms. The van der Waals surface area contributed by atoms with E-state index in [1.165, 1.54) is 0 Å². The monoisotopic (exact) mass is 307 g/mol. The maximum absolute atomic E-state index is 11.8. The van der Waals surface area contributed by atoms with Crippen molar-refractivity contribution in [1.29, 1.82) is 0 Å². The van der Waals surface area contributed by atoms with Crippen LogP contribution in [0, 0.1) is 5.92 Å². The summed E-state index contributed by atoms with van der Waals surface area (Å²) in [6.45, 7) is 6.08. The maximum Gasteiger partial charge on any atom is 0.237 e. The van der Waals surface area contributed by atoms with Crippen LogP contribution in [-0.4, -0.2) is 44.1 Å². The lowest BCUT2D eigenvalue weighted by Crippen LogP contribution is -2.43. The molecular formula is C17H29N3O2. The fourth-order valence-corrected chi connectivity index (χ4v) is 1.88. The Morgan fingerprint density at radius 3 is 2.45 bits per heavy atom. The van der Waals surface area contributed by atoms with Crippen LogP contribution in [0.15, 0.2) is 24.3 Å². The quantitative estimate of drug-likeness (QED) is 0.680. The Kier molecular flexibility index (Phi) is 7.91. The van der Waals surface area contributed by atoms with Crippen LogP contribution in [0.1, 0.15) is 25.8 Å². The van der Waals surface area contributed by atoms with E-state index in [1.807, 2.05) is 52.2 Å². The number of rotatable bonds is 9. The van der Waals surface area contributed by atoms with Crippen molar-refractivity contribution >= 4 is 5.91 Å². The molecule has 0 aliphatic rings. The highest BCUT2D eigenvalue weighted by Crippen LogP contribution is 2.12. The molecule has 0 saturated heterocycles. The predicted octanol–water partition coefficient (Wildman–Crippen LogP) is 1.62. The molecule has 0 aliphatic heterocycles. The Hall–Kier alpha value is -1.59. The summed E-state index contributed by atoms with van der Waals surface area (Å²) in [7, 11) is 4.10. The molecule has 1 rings (SSSR count). The minimum Gasteiger partial charge on any atom is -0.494 e. The van der Waals surface area contributed by atoms with Crippen LogP contribution in [-0.2, 0) is 11.3 Å². The smallest absolute Gasteiger partial charge is 0.237 e. The second-order valence-corrected chi connectivity index (χ2v) is 6.14. The van der Waals surface area contributed by atoms with Gasteiger partial charge in [-0.2, -0.15) is 0 Å². The van der Waals surface area contributed by atoms with Crippen LogP contribution in [0.2, 0.25) is 0 Å². The molecule has 0 fully saturated rings. The molecule has 0 saturated carbocycles. The fraction of sp³-hybridized carbons (Fsp3) is 0.588. The molecule has 1 aromatic carbocycles. The number of nitrogens with one attached hydrogen (secondary N) is 1. The van der Waals surface area contributed by atoms with Crippen molar-refractivity contribution < 1.29 is 9.53 Å². The van der Waals surface area contributed by atoms with Gasteiger partial charge in [-0.25, -0.2) is 0 Å². The first-order valence-corrected chi connectivity index (χ1v) is 7.80. The third-order valence-electron chi connectivity index (χ3n) is 3.43. The minimum atomic E-state index is -0.459. The highest BCUT2D eigenvalue weighted by molar-refractivity contribution is 5.81. The van der Waals surface area contributed by atoms with Crippen LogP contribution in [0.4, 0.5) is 0 Å². The second kappa shape index (κ2) is 9.43. The van der Waals surface area contributed by atoms with Crippen molar-refractivity contribution in [2.45, 2.75) is 32.9 Å². The molecule has 0 aliphatic carbocycles. The largest absolute Gasteiger partial charge is 0.494 e. The van der Waals surface area contributed by atoms with Crippen molar-refractivity contribution in [1.82, 2.24) is 10.2 Å². The van der Waals surface area contributed by atoms with Gasteiger partial charge in [-0.1, -0.05) is 26.0 Å². The summed E-state index contributed by atoms with van der Waals surface area (Å²) in [6, 6.07) is 7.32. The summed E-state index contributed by atoms with van der Waals surface area (Å²) < 4.78 is 5.67. The molecule has 1 amide bonds. The standard InChI is InChI=1S/C17H29N3O2/c1-13(2)16(18)17(21)19-12-14-6-8-15(9-7-14)22-11-5-10-20(3)4/h6-9,13,16H,5,10-12,18H2,1-4H3,(H,19,21)/t16-/m0/s1. The van der Waals surface area contributed by atoms with Gasteiger partial charge in [0.1, 0.15) is 5.75 Å². The highest BCUT2D eigenvalue weighted by atomic mass is 16.5. The van der Waals surface area contributed by atoms with E-state index < -0.39 is 6.04 Å². The molecule has 0 radical (unpaired) electrons. The number of hydrogen-bond donors (Lipinski definition) is 2. The summed E-state index contributed by atoms with van der Waals surface area (Å²) in [5.74, 6) is 0.879. The van der Waals surface area contributed by atoms with Crippen LogP contribution in [0.5, 0.6) is 5.75 Å². The first-order chi connectivity index (χ1) is 10.4. The average molecular weight is 307 g/mol. The Bertz CT molecular complexity index is 444. The van der Waals surface area contributed by atoms with Gasteiger partial charge >= 0.3 is 0 Å². The van der Waals surface area contributed by atoms with Gasteiger partial charge in [-0.15, -0.1) is 0 Å². The first-order valence-electron chi connectivity index (χ1n) is 7.80. The Morgan fingerprint density at radius 1 is 1.27 bits per heavy atom. The molecule has 1 aromatic rings. The molecule has 124 valence electrons. The molecule has 1 atom stereocenters. The number of hydrogen-bond acceptors (Lipinski definition) is 4. The molecule has 0 aromatic heterocycles. The zero-order valence-electron chi connectivity index (χ0n) is 14.1. The van der Waals surface area contributed by atoms with E-state index in [9.17, 15) is 4.79 Å². The van der Waals surface area contributed by atoms with Crippen LogP contribution < -0.4 is 15.8 Å². The van der Waals surface area contributed by atoms with Crippen molar-refractivity contribution in [3.05, 3.63) is 29.8 Å². The lowest BCUT2D eigenvalue weighted by atomic mass is 10.0. The van der Waals surface area contributed by atoms with E-state index in [1.54, 1.807) is 0 Å². The normalized spacial score (nSPS) is 12.5. The molecule has 5 nitrogen and oxygen atoms in total. The number of nitrogens with two attached hydrogens (primary N) is 1. The van der Waals surface area contributed by atoms with Gasteiger partial charge in [0, 0.05) is 13.1 Å². The summed E-state index contributed by atoms with van der Waals surface area (Å²) >= 11 is 0. The number of ether oxygens (including phenoxy) is 1. The van der Waals surface area contributed by atoms with Gasteiger partial charge in [-0.3, -0.25) is 4.79 Å². The number of carbonyl (C=O) groups excluding carboxylic acids is 1. The molecule has 0 unspecified atom stereocenters. The lowest BCUT2D eigenvalue weighted by Gasteiger charge is -2.15. The van der Waals surface area contributed by atoms with Gasteiger partial charge in [-0.05, 0) is 44.1 Å². The molecule has 5 heteroatoms. The topological polar surface area (TPSA) is 67.6 Å². The highest BCUT2D eigenvalue weighted by Gasteiger charge is 2.16. The zero-order valence-corrected chi connectivity index (χ0v) is 14.1. The molecular weight excluding hydrogens is 278 g/mol. The Balaban J connectivity index is 2.34. The molecule has 0 bridgehead atoms. The first kappa shape index (κ1) is 18.5. The SMILES string of the molecule is CC(C)[C@H](N)C(=O)NCc1ccc(OCCCN(C)C)cc1. The van der Waals surface area contributed by atoms with Gasteiger partial charge in [0.2, 0.25) is 5.91 Å². The zero-order chi connectivity index (χ0) is 16.5. The van der Waals surface area contributed by atoms with Crippen molar-refractivity contribution in [3.8, 4) is 5.75 Å². The number of amides is 1. The van der Waals surface area contributed by atoms with Crippen molar-refractivity contribution in [2.24, 2.45) is 11.7 Å². The number of nitrogens with zero attached hydrogens (tertiary/aromatic N) is 1. The van der Waals surface area contributed by atoms with E-state index in [2.05, 4.69) is 10.2 Å². The number of carbonyl (C=O) groups is 1. The summed E-state index contributed by atoms with van der Waals surface area (Å²) in [4.78, 5) is 13.9. The lowest BCUT2D eigenvalue weighted by molar-refractivity contribution is -0.123. The average Bonchev–Trinajstić information content (AvgIpc) is 2.49. The second-order valence-electron chi connectivity index (χ2n) is 6.14. The third-order valence-corrected chi connectivity index (χ3v) is 3.43. The van der Waals surface area contributed by atoms with Gasteiger partial charge in [0.25, 0.3) is 0 Å². The summed E-state index contributed by atoms with van der Waals surface area (Å²) in [5, 5.41) is 2.85. The van der Waals surface area contributed by atoms with E-state index in [0.717, 1.165) is 24.3 Å². The minimum absolute atomic E-state index is 0.112. The van der Waals surface area contributed by atoms with Crippen molar-refractivity contribution in [2.75, 3.05) is 27.2 Å². The molecule has 3 N–H and O–H groups in total. The third kappa shape index (κ3) is 6.91.